The van der Waals surface area contributed by atoms with Crippen molar-refractivity contribution in [1.29, 1.82) is 0 Å². The van der Waals surface area contributed by atoms with Crippen LogP contribution in [-0.2, 0) is 4.74 Å². The molecule has 0 atom stereocenters. The SMILES string of the molecule is COCCOc1ccc(/C=C/c2cc(OC)cc(OC)c2/C=C/[N+](=O)[O-])cc1. The zero-order valence-corrected chi connectivity index (χ0v) is 16.1. The normalized spacial score (nSPS) is 11.1. The lowest BCUT2D eigenvalue weighted by atomic mass is 10.0. The van der Waals surface area contributed by atoms with E-state index < -0.39 is 4.92 Å². The summed E-state index contributed by atoms with van der Waals surface area (Å²) in [6.07, 6.45) is 6.04. The van der Waals surface area contributed by atoms with Crippen molar-refractivity contribution in [3.63, 3.8) is 0 Å². The highest BCUT2D eigenvalue weighted by molar-refractivity contribution is 5.78. The summed E-state index contributed by atoms with van der Waals surface area (Å²) in [7, 11) is 4.69. The van der Waals surface area contributed by atoms with Crippen LogP contribution in [0.5, 0.6) is 17.2 Å². The van der Waals surface area contributed by atoms with Crippen LogP contribution in [0.1, 0.15) is 16.7 Å². The van der Waals surface area contributed by atoms with E-state index >= 15 is 0 Å². The van der Waals surface area contributed by atoms with Crippen LogP contribution in [0.3, 0.4) is 0 Å². The van der Waals surface area contributed by atoms with Crippen LogP contribution < -0.4 is 14.2 Å². The molecule has 2 aromatic rings. The van der Waals surface area contributed by atoms with Crippen molar-refractivity contribution in [2.75, 3.05) is 34.5 Å². The number of nitrogens with zero attached hydrogens (tertiary/aromatic N) is 1. The minimum Gasteiger partial charge on any atom is -0.497 e. The highest BCUT2D eigenvalue weighted by Crippen LogP contribution is 2.31. The van der Waals surface area contributed by atoms with Crippen molar-refractivity contribution in [1.82, 2.24) is 0 Å². The number of methoxy groups -OCH3 is 3. The Morgan fingerprint density at radius 1 is 0.929 bits per heavy atom. The van der Waals surface area contributed by atoms with Crippen molar-refractivity contribution < 1.29 is 23.9 Å². The molecular formula is C21H23NO6. The number of hydrogen-bond acceptors (Lipinski definition) is 6. The molecule has 0 saturated heterocycles. The molecule has 0 unspecified atom stereocenters. The average molecular weight is 385 g/mol. The number of nitro groups is 1. The van der Waals surface area contributed by atoms with Gasteiger partial charge in [-0.05, 0) is 29.3 Å². The van der Waals surface area contributed by atoms with Gasteiger partial charge < -0.3 is 18.9 Å². The molecule has 2 rings (SSSR count). The van der Waals surface area contributed by atoms with Gasteiger partial charge in [-0.25, -0.2) is 0 Å². The minimum absolute atomic E-state index is 0.485. The highest BCUT2D eigenvalue weighted by Gasteiger charge is 2.09. The minimum atomic E-state index is -0.514. The lowest BCUT2D eigenvalue weighted by molar-refractivity contribution is -0.400. The third-order valence-corrected chi connectivity index (χ3v) is 3.86. The van der Waals surface area contributed by atoms with Gasteiger partial charge in [-0.15, -0.1) is 0 Å². The molecule has 0 aromatic heterocycles. The Hall–Kier alpha value is -3.32. The zero-order chi connectivity index (χ0) is 20.4. The summed E-state index contributed by atoms with van der Waals surface area (Å²) in [5.74, 6) is 1.84. The van der Waals surface area contributed by atoms with Gasteiger partial charge >= 0.3 is 0 Å². The van der Waals surface area contributed by atoms with Crippen molar-refractivity contribution in [3.8, 4) is 17.2 Å². The van der Waals surface area contributed by atoms with E-state index in [2.05, 4.69) is 0 Å². The monoisotopic (exact) mass is 385 g/mol. The third kappa shape index (κ3) is 6.14. The van der Waals surface area contributed by atoms with E-state index in [4.69, 9.17) is 18.9 Å². The Labute approximate surface area is 164 Å². The second-order valence-corrected chi connectivity index (χ2v) is 5.68. The number of rotatable bonds is 10. The smallest absolute Gasteiger partial charge is 0.235 e. The Bertz CT molecular complexity index is 843. The van der Waals surface area contributed by atoms with Gasteiger partial charge in [0.05, 0.1) is 25.7 Å². The second kappa shape index (κ2) is 10.7. The molecule has 0 aliphatic rings. The molecule has 28 heavy (non-hydrogen) atoms. The second-order valence-electron chi connectivity index (χ2n) is 5.68. The highest BCUT2D eigenvalue weighted by atomic mass is 16.6. The Balaban J connectivity index is 2.29. The van der Waals surface area contributed by atoms with E-state index in [1.165, 1.54) is 13.2 Å². The van der Waals surface area contributed by atoms with Crippen molar-refractivity contribution in [3.05, 3.63) is 69.4 Å². The van der Waals surface area contributed by atoms with Crippen LogP contribution in [0.2, 0.25) is 0 Å². The maximum Gasteiger partial charge on any atom is 0.235 e. The Kier molecular flexibility index (Phi) is 8.05. The van der Waals surface area contributed by atoms with Gasteiger partial charge in [0.15, 0.2) is 0 Å². The molecule has 0 aliphatic carbocycles. The van der Waals surface area contributed by atoms with Gasteiger partial charge in [0.1, 0.15) is 23.9 Å². The molecular weight excluding hydrogens is 362 g/mol. The van der Waals surface area contributed by atoms with E-state index in [0.29, 0.717) is 30.3 Å². The van der Waals surface area contributed by atoms with Crippen molar-refractivity contribution >= 4 is 18.2 Å². The van der Waals surface area contributed by atoms with Crippen LogP contribution in [0.15, 0.2) is 42.6 Å². The van der Waals surface area contributed by atoms with Gasteiger partial charge in [-0.2, -0.15) is 0 Å². The summed E-state index contributed by atoms with van der Waals surface area (Å²) in [4.78, 5) is 10.2. The predicted octanol–water partition coefficient (Wildman–Crippen LogP) is 4.15. The molecule has 0 spiro atoms. The van der Waals surface area contributed by atoms with Crippen molar-refractivity contribution in [2.24, 2.45) is 0 Å². The summed E-state index contributed by atoms with van der Waals surface area (Å²) in [6, 6.07) is 11.1. The van der Waals surface area contributed by atoms with Crippen molar-refractivity contribution in [2.45, 2.75) is 0 Å². The number of hydrogen-bond donors (Lipinski definition) is 0. The van der Waals surface area contributed by atoms with E-state index in [1.807, 2.05) is 36.4 Å². The molecule has 0 radical (unpaired) electrons. The fourth-order valence-electron chi connectivity index (χ4n) is 2.46. The topological polar surface area (TPSA) is 80.1 Å². The summed E-state index contributed by atoms with van der Waals surface area (Å²) in [5, 5.41) is 10.7. The molecule has 7 nitrogen and oxygen atoms in total. The number of ether oxygens (including phenoxy) is 4. The van der Waals surface area contributed by atoms with E-state index in [0.717, 1.165) is 23.1 Å². The first-order chi connectivity index (χ1) is 13.6. The largest absolute Gasteiger partial charge is 0.497 e. The maximum atomic E-state index is 10.7. The van der Waals surface area contributed by atoms with Gasteiger partial charge in [0.25, 0.3) is 0 Å². The third-order valence-electron chi connectivity index (χ3n) is 3.86. The summed E-state index contributed by atoms with van der Waals surface area (Å²) >= 11 is 0. The quantitative estimate of drug-likeness (QED) is 0.265. The molecule has 0 saturated carbocycles. The van der Waals surface area contributed by atoms with E-state index in [1.54, 1.807) is 26.4 Å². The lowest BCUT2D eigenvalue weighted by Crippen LogP contribution is -2.03. The van der Waals surface area contributed by atoms with Gasteiger partial charge in [-0.1, -0.05) is 24.3 Å². The fourth-order valence-corrected chi connectivity index (χ4v) is 2.46. The van der Waals surface area contributed by atoms with Crippen LogP contribution >= 0.6 is 0 Å². The molecule has 0 N–H and O–H groups in total. The zero-order valence-electron chi connectivity index (χ0n) is 16.1. The van der Waals surface area contributed by atoms with Gasteiger partial charge in [-0.3, -0.25) is 10.1 Å². The molecule has 0 amide bonds. The predicted molar refractivity (Wildman–Crippen MR) is 108 cm³/mol. The van der Waals surface area contributed by atoms with Gasteiger partial charge in [0, 0.05) is 24.8 Å². The summed E-state index contributed by atoms with van der Waals surface area (Å²) in [5.41, 5.74) is 2.27. The first kappa shape index (κ1) is 21.0. The molecule has 148 valence electrons. The first-order valence-corrected chi connectivity index (χ1v) is 8.55. The van der Waals surface area contributed by atoms with Crippen LogP contribution in [-0.4, -0.2) is 39.5 Å². The van der Waals surface area contributed by atoms with Crippen LogP contribution in [0, 0.1) is 10.1 Å². The molecule has 0 fully saturated rings. The number of benzene rings is 2. The first-order valence-electron chi connectivity index (χ1n) is 8.55. The summed E-state index contributed by atoms with van der Waals surface area (Å²) < 4.78 is 21.2. The van der Waals surface area contributed by atoms with E-state index in [-0.39, 0.29) is 0 Å². The van der Waals surface area contributed by atoms with Gasteiger partial charge in [0.2, 0.25) is 6.20 Å². The molecule has 0 aliphatic heterocycles. The molecule has 0 bridgehead atoms. The Morgan fingerprint density at radius 3 is 2.29 bits per heavy atom. The van der Waals surface area contributed by atoms with Crippen LogP contribution in [0.4, 0.5) is 0 Å². The Morgan fingerprint density at radius 2 is 1.68 bits per heavy atom. The fraction of sp³-hybridized carbons (Fsp3) is 0.238. The maximum absolute atomic E-state index is 10.7. The molecule has 2 aromatic carbocycles. The standard InChI is InChI=1S/C21H23NO6/c1-25-12-13-28-18-8-5-16(6-9-18)4-7-17-14-19(26-2)15-21(27-3)20(17)10-11-22(23)24/h4-11,14-15H,12-13H2,1-3H3/b7-4+,11-10+. The summed E-state index contributed by atoms with van der Waals surface area (Å²) in [6.45, 7) is 1.02. The lowest BCUT2D eigenvalue weighted by Gasteiger charge is -2.11. The molecule has 0 heterocycles. The van der Waals surface area contributed by atoms with Crippen LogP contribution in [0.25, 0.3) is 18.2 Å². The van der Waals surface area contributed by atoms with E-state index in [9.17, 15) is 10.1 Å². The molecule has 7 heteroatoms. The average Bonchev–Trinajstić information content (AvgIpc) is 2.71.